The third-order valence-electron chi connectivity index (χ3n) is 4.70. The van der Waals surface area contributed by atoms with Crippen molar-refractivity contribution >= 4 is 27.2 Å². The molecular formula is C17H18N2O3S2. The highest BCUT2D eigenvalue weighted by atomic mass is 32.2. The Bertz CT molecular complexity index is 889. The summed E-state index contributed by atoms with van der Waals surface area (Å²) in [4.78, 5) is 16.1. The second-order valence-corrected chi connectivity index (χ2v) is 9.27. The van der Waals surface area contributed by atoms with Crippen LogP contribution < -0.4 is 5.32 Å². The van der Waals surface area contributed by atoms with Crippen LogP contribution in [-0.2, 0) is 22.8 Å². The summed E-state index contributed by atoms with van der Waals surface area (Å²) in [6.07, 6.45) is 1.30. The summed E-state index contributed by atoms with van der Waals surface area (Å²) in [5.74, 6) is 0.0731. The average molecular weight is 362 g/mol. The van der Waals surface area contributed by atoms with Gasteiger partial charge in [-0.15, -0.1) is 11.3 Å². The van der Waals surface area contributed by atoms with E-state index >= 15 is 0 Å². The van der Waals surface area contributed by atoms with Crippen molar-refractivity contribution in [3.05, 3.63) is 51.7 Å². The van der Waals surface area contributed by atoms with Gasteiger partial charge in [0.05, 0.1) is 16.7 Å². The standard InChI is InChI=1S/C17H18N2O3S2/c20-17(19-8-5-15-12(11-19)6-9-23-15)18-14-7-10-24(21,22)16-4-2-1-3-13(14)16/h1-4,6,9,14H,5,7-8,10-11H2,(H,18,20). The van der Waals surface area contributed by atoms with Crippen molar-refractivity contribution in [1.82, 2.24) is 10.2 Å². The minimum absolute atomic E-state index is 0.0731. The van der Waals surface area contributed by atoms with Crippen molar-refractivity contribution in [2.75, 3.05) is 12.3 Å². The molecule has 126 valence electrons. The molecule has 1 atom stereocenters. The van der Waals surface area contributed by atoms with E-state index in [1.807, 2.05) is 6.07 Å². The number of hydrogen-bond acceptors (Lipinski definition) is 4. The molecule has 3 heterocycles. The third-order valence-corrected chi connectivity index (χ3v) is 7.54. The lowest BCUT2D eigenvalue weighted by atomic mass is 10.0. The maximum Gasteiger partial charge on any atom is 0.318 e. The molecule has 0 aliphatic carbocycles. The first-order valence-electron chi connectivity index (χ1n) is 7.97. The van der Waals surface area contributed by atoms with E-state index in [0.29, 0.717) is 30.0 Å². The van der Waals surface area contributed by atoms with Crippen LogP contribution in [0.4, 0.5) is 4.79 Å². The summed E-state index contributed by atoms with van der Waals surface area (Å²) < 4.78 is 24.4. The smallest absolute Gasteiger partial charge is 0.318 e. The van der Waals surface area contributed by atoms with E-state index in [0.717, 1.165) is 6.42 Å². The predicted octanol–water partition coefficient (Wildman–Crippen LogP) is 2.73. The Morgan fingerprint density at radius 1 is 1.25 bits per heavy atom. The number of benzene rings is 1. The molecular weight excluding hydrogens is 344 g/mol. The first-order valence-corrected chi connectivity index (χ1v) is 10.5. The molecule has 1 aromatic carbocycles. The largest absolute Gasteiger partial charge is 0.331 e. The number of nitrogens with one attached hydrogen (secondary N) is 1. The summed E-state index contributed by atoms with van der Waals surface area (Å²) in [6.45, 7) is 1.32. The van der Waals surface area contributed by atoms with Gasteiger partial charge in [-0.1, -0.05) is 18.2 Å². The van der Waals surface area contributed by atoms with Gasteiger partial charge in [0.25, 0.3) is 0 Å². The van der Waals surface area contributed by atoms with Crippen LogP contribution >= 0.6 is 11.3 Å². The minimum Gasteiger partial charge on any atom is -0.331 e. The van der Waals surface area contributed by atoms with Gasteiger partial charge in [0.1, 0.15) is 0 Å². The molecule has 0 spiro atoms. The number of hydrogen-bond donors (Lipinski definition) is 1. The highest BCUT2D eigenvalue weighted by Gasteiger charge is 2.32. The first kappa shape index (κ1) is 15.7. The van der Waals surface area contributed by atoms with Gasteiger partial charge in [-0.3, -0.25) is 0 Å². The number of nitrogens with zero attached hydrogens (tertiary/aromatic N) is 1. The monoisotopic (exact) mass is 362 g/mol. The molecule has 1 aromatic heterocycles. The molecule has 2 amide bonds. The molecule has 1 unspecified atom stereocenters. The zero-order valence-electron chi connectivity index (χ0n) is 13.1. The van der Waals surface area contributed by atoms with Gasteiger partial charge in [-0.2, -0.15) is 0 Å². The van der Waals surface area contributed by atoms with E-state index < -0.39 is 9.84 Å². The molecule has 4 rings (SSSR count). The van der Waals surface area contributed by atoms with Crippen molar-refractivity contribution in [3.8, 4) is 0 Å². The van der Waals surface area contributed by atoms with Gasteiger partial charge in [0.15, 0.2) is 9.84 Å². The molecule has 7 heteroatoms. The number of carbonyl (C=O) groups excluding carboxylic acids is 1. The first-order chi connectivity index (χ1) is 11.5. The predicted molar refractivity (Wildman–Crippen MR) is 92.8 cm³/mol. The lowest BCUT2D eigenvalue weighted by Gasteiger charge is -2.31. The topological polar surface area (TPSA) is 66.5 Å². The van der Waals surface area contributed by atoms with Crippen LogP contribution in [0.2, 0.25) is 0 Å². The second kappa shape index (κ2) is 5.89. The SMILES string of the molecule is O=C(NC1CCS(=O)(=O)c2ccccc21)N1CCc2sccc2C1. The Hall–Kier alpha value is -1.86. The van der Waals surface area contributed by atoms with Crippen molar-refractivity contribution < 1.29 is 13.2 Å². The maximum atomic E-state index is 12.6. The molecule has 24 heavy (non-hydrogen) atoms. The normalized spacial score (nSPS) is 21.7. The molecule has 2 aliphatic rings. The van der Waals surface area contributed by atoms with Crippen LogP contribution in [-0.4, -0.2) is 31.6 Å². The van der Waals surface area contributed by atoms with E-state index in [1.54, 1.807) is 34.4 Å². The fourth-order valence-electron chi connectivity index (χ4n) is 3.40. The highest BCUT2D eigenvalue weighted by Crippen LogP contribution is 2.32. The number of carbonyl (C=O) groups is 1. The summed E-state index contributed by atoms with van der Waals surface area (Å²) in [5.41, 5.74) is 1.92. The third kappa shape index (κ3) is 2.71. The molecule has 1 N–H and O–H groups in total. The Morgan fingerprint density at radius 2 is 2.08 bits per heavy atom. The maximum absolute atomic E-state index is 12.6. The molecule has 5 nitrogen and oxygen atoms in total. The second-order valence-electron chi connectivity index (χ2n) is 6.19. The Kier molecular flexibility index (Phi) is 3.85. The van der Waals surface area contributed by atoms with Gasteiger partial charge in [-0.25, -0.2) is 13.2 Å². The van der Waals surface area contributed by atoms with E-state index in [4.69, 9.17) is 0 Å². The highest BCUT2D eigenvalue weighted by molar-refractivity contribution is 7.91. The van der Waals surface area contributed by atoms with E-state index in [9.17, 15) is 13.2 Å². The molecule has 2 aromatic rings. The van der Waals surface area contributed by atoms with Crippen molar-refractivity contribution in [2.24, 2.45) is 0 Å². The van der Waals surface area contributed by atoms with Crippen molar-refractivity contribution in [3.63, 3.8) is 0 Å². The molecule has 2 aliphatic heterocycles. The summed E-state index contributed by atoms with van der Waals surface area (Å²) in [6, 6.07) is 8.67. The van der Waals surface area contributed by atoms with Crippen LogP contribution in [0.25, 0.3) is 0 Å². The number of amides is 2. The van der Waals surface area contributed by atoms with E-state index in [-0.39, 0.29) is 17.8 Å². The van der Waals surface area contributed by atoms with Crippen LogP contribution in [0, 0.1) is 0 Å². The molecule has 0 radical (unpaired) electrons. The fourth-order valence-corrected chi connectivity index (χ4v) is 5.91. The minimum atomic E-state index is -3.23. The molecule has 0 fully saturated rings. The van der Waals surface area contributed by atoms with Crippen LogP contribution in [0.5, 0.6) is 0 Å². The molecule has 0 saturated heterocycles. The molecule has 0 bridgehead atoms. The summed E-state index contributed by atoms with van der Waals surface area (Å²) in [7, 11) is -3.23. The lowest BCUT2D eigenvalue weighted by molar-refractivity contribution is 0.188. The summed E-state index contributed by atoms with van der Waals surface area (Å²) >= 11 is 1.74. The number of urea groups is 1. The van der Waals surface area contributed by atoms with Crippen molar-refractivity contribution in [1.29, 1.82) is 0 Å². The Labute approximate surface area is 145 Å². The lowest BCUT2D eigenvalue weighted by Crippen LogP contribution is -2.45. The van der Waals surface area contributed by atoms with Crippen LogP contribution in [0.15, 0.2) is 40.6 Å². The average Bonchev–Trinajstić information content (AvgIpc) is 3.05. The quantitative estimate of drug-likeness (QED) is 0.848. The van der Waals surface area contributed by atoms with Gasteiger partial charge >= 0.3 is 6.03 Å². The van der Waals surface area contributed by atoms with Gasteiger partial charge < -0.3 is 10.2 Å². The van der Waals surface area contributed by atoms with E-state index in [2.05, 4.69) is 16.8 Å². The number of sulfone groups is 1. The van der Waals surface area contributed by atoms with Crippen LogP contribution in [0.1, 0.15) is 28.5 Å². The van der Waals surface area contributed by atoms with Crippen molar-refractivity contribution in [2.45, 2.75) is 30.3 Å². The van der Waals surface area contributed by atoms with Gasteiger partial charge in [0.2, 0.25) is 0 Å². The number of fused-ring (bicyclic) bond motifs is 2. The molecule has 0 saturated carbocycles. The number of rotatable bonds is 1. The Morgan fingerprint density at radius 3 is 2.96 bits per heavy atom. The zero-order chi connectivity index (χ0) is 16.7. The fraction of sp³-hybridized carbons (Fsp3) is 0.353. The zero-order valence-corrected chi connectivity index (χ0v) is 14.7. The summed E-state index contributed by atoms with van der Waals surface area (Å²) in [5, 5.41) is 5.10. The number of thiophene rings is 1. The Balaban J connectivity index is 1.53. The van der Waals surface area contributed by atoms with Gasteiger partial charge in [-0.05, 0) is 41.5 Å². The van der Waals surface area contributed by atoms with E-state index in [1.165, 1.54) is 10.4 Å². The van der Waals surface area contributed by atoms with Gasteiger partial charge in [0, 0.05) is 18.0 Å². The van der Waals surface area contributed by atoms with Crippen LogP contribution in [0.3, 0.4) is 0 Å².